The highest BCUT2D eigenvalue weighted by Crippen LogP contribution is 2.33. The molecule has 0 amide bonds. The number of benzene rings is 1. The Balaban J connectivity index is 0.00000220. The van der Waals surface area contributed by atoms with Crippen LogP contribution in [0.15, 0.2) is 27.6 Å². The van der Waals surface area contributed by atoms with Crippen molar-refractivity contribution >= 4 is 38.4 Å². The van der Waals surface area contributed by atoms with Crippen molar-refractivity contribution in [2.75, 3.05) is 13.1 Å². The number of rotatable bonds is 2. The highest BCUT2D eigenvalue weighted by molar-refractivity contribution is 9.10. The zero-order chi connectivity index (χ0) is 15.1. The Hall–Kier alpha value is -0.210. The van der Waals surface area contributed by atoms with E-state index >= 15 is 0 Å². The minimum atomic E-state index is -3.64. The molecule has 1 atom stereocenters. The smallest absolute Gasteiger partial charge is 0.244 e. The van der Waals surface area contributed by atoms with E-state index in [9.17, 15) is 12.8 Å². The number of sulfonamides is 1. The summed E-state index contributed by atoms with van der Waals surface area (Å²) < 4.78 is 40.1. The van der Waals surface area contributed by atoms with E-state index in [-0.39, 0.29) is 33.2 Å². The predicted octanol–water partition coefficient (Wildman–Crippen LogP) is 2.76. The van der Waals surface area contributed by atoms with Gasteiger partial charge in [0.2, 0.25) is 10.0 Å². The Morgan fingerprint density at radius 1 is 1.43 bits per heavy atom. The Bertz CT molecular complexity index is 625. The van der Waals surface area contributed by atoms with E-state index < -0.39 is 15.8 Å². The van der Waals surface area contributed by atoms with Gasteiger partial charge >= 0.3 is 0 Å². The van der Waals surface area contributed by atoms with E-state index in [2.05, 4.69) is 15.9 Å². The maximum Gasteiger partial charge on any atom is 0.244 e. The fourth-order valence-corrected chi connectivity index (χ4v) is 4.99. The quantitative estimate of drug-likeness (QED) is 0.829. The maximum absolute atomic E-state index is 13.1. The summed E-state index contributed by atoms with van der Waals surface area (Å²) in [7, 11) is -3.64. The van der Waals surface area contributed by atoms with Crippen LogP contribution in [-0.2, 0) is 10.0 Å². The standard InChI is InChI=1S/C13H18BrFN2O2S.ClH/c1-13(2)8-17(6-5-12(13)16)20(18,19)11-4-3-9(15)7-10(11)14;/h3-4,7,12H,5-6,8,16H2,1-2H3;1H. The zero-order valence-corrected chi connectivity index (χ0v) is 15.1. The molecule has 1 aromatic rings. The second kappa shape index (κ2) is 6.50. The van der Waals surface area contributed by atoms with Crippen LogP contribution in [0, 0.1) is 11.2 Å². The van der Waals surface area contributed by atoms with Gasteiger partial charge in [-0.2, -0.15) is 4.31 Å². The van der Waals surface area contributed by atoms with Gasteiger partial charge in [0, 0.05) is 23.6 Å². The van der Waals surface area contributed by atoms with Crippen molar-refractivity contribution in [3.05, 3.63) is 28.5 Å². The molecule has 1 unspecified atom stereocenters. The monoisotopic (exact) mass is 400 g/mol. The molecule has 1 heterocycles. The summed E-state index contributed by atoms with van der Waals surface area (Å²) >= 11 is 3.12. The van der Waals surface area contributed by atoms with Crippen LogP contribution in [0.25, 0.3) is 0 Å². The first-order chi connectivity index (χ1) is 9.14. The van der Waals surface area contributed by atoms with Crippen LogP contribution in [0.2, 0.25) is 0 Å². The average Bonchev–Trinajstić information content (AvgIpc) is 2.31. The second-order valence-electron chi connectivity index (χ2n) is 5.80. The first-order valence-corrected chi connectivity index (χ1v) is 8.59. The molecule has 120 valence electrons. The molecular weight excluding hydrogens is 383 g/mol. The van der Waals surface area contributed by atoms with E-state index in [1.165, 1.54) is 10.4 Å². The van der Waals surface area contributed by atoms with E-state index in [1.54, 1.807) is 0 Å². The van der Waals surface area contributed by atoms with E-state index in [4.69, 9.17) is 5.73 Å². The van der Waals surface area contributed by atoms with Crippen molar-refractivity contribution in [2.45, 2.75) is 31.2 Å². The third-order valence-corrected chi connectivity index (χ3v) is 6.61. The van der Waals surface area contributed by atoms with Gasteiger partial charge in [-0.15, -0.1) is 12.4 Å². The molecule has 0 aromatic heterocycles. The molecule has 2 rings (SSSR count). The molecule has 2 N–H and O–H groups in total. The third kappa shape index (κ3) is 3.76. The van der Waals surface area contributed by atoms with Crippen LogP contribution in [0.5, 0.6) is 0 Å². The molecule has 0 radical (unpaired) electrons. The Morgan fingerprint density at radius 3 is 2.57 bits per heavy atom. The van der Waals surface area contributed by atoms with Crippen LogP contribution >= 0.6 is 28.3 Å². The summed E-state index contributed by atoms with van der Waals surface area (Å²) in [5.74, 6) is -0.475. The Kier molecular flexibility index (Phi) is 5.83. The molecule has 4 nitrogen and oxygen atoms in total. The summed E-state index contributed by atoms with van der Waals surface area (Å²) in [6, 6.07) is 3.58. The molecule has 0 spiro atoms. The van der Waals surface area contributed by atoms with Crippen LogP contribution in [0.1, 0.15) is 20.3 Å². The van der Waals surface area contributed by atoms with Gasteiger partial charge in [-0.3, -0.25) is 0 Å². The van der Waals surface area contributed by atoms with Crippen molar-refractivity contribution in [2.24, 2.45) is 11.1 Å². The van der Waals surface area contributed by atoms with Crippen molar-refractivity contribution in [3.63, 3.8) is 0 Å². The van der Waals surface area contributed by atoms with Crippen LogP contribution in [0.4, 0.5) is 4.39 Å². The highest BCUT2D eigenvalue weighted by Gasteiger charge is 2.39. The Morgan fingerprint density at radius 2 is 2.05 bits per heavy atom. The lowest BCUT2D eigenvalue weighted by atomic mass is 9.81. The van der Waals surface area contributed by atoms with Crippen molar-refractivity contribution in [3.8, 4) is 0 Å². The lowest BCUT2D eigenvalue weighted by Crippen LogP contribution is -2.53. The largest absolute Gasteiger partial charge is 0.327 e. The molecule has 0 bridgehead atoms. The van der Waals surface area contributed by atoms with E-state index in [1.807, 2.05) is 13.8 Å². The van der Waals surface area contributed by atoms with Crippen LogP contribution in [0.3, 0.4) is 0 Å². The number of nitrogens with two attached hydrogens (primary N) is 1. The summed E-state index contributed by atoms with van der Waals surface area (Å²) in [5, 5.41) is 0. The van der Waals surface area contributed by atoms with Crippen LogP contribution < -0.4 is 5.73 Å². The van der Waals surface area contributed by atoms with Gasteiger partial charge in [0.25, 0.3) is 0 Å². The first-order valence-electron chi connectivity index (χ1n) is 6.35. The molecule has 1 saturated heterocycles. The fraction of sp³-hybridized carbons (Fsp3) is 0.538. The van der Waals surface area contributed by atoms with Gasteiger partial charge in [-0.05, 0) is 46.0 Å². The molecule has 1 aliphatic rings. The molecule has 8 heteroatoms. The second-order valence-corrected chi connectivity index (χ2v) is 8.56. The number of nitrogens with zero attached hydrogens (tertiary/aromatic N) is 1. The molecule has 21 heavy (non-hydrogen) atoms. The highest BCUT2D eigenvalue weighted by atomic mass is 79.9. The Labute approximate surface area is 139 Å². The minimum Gasteiger partial charge on any atom is -0.327 e. The molecule has 0 saturated carbocycles. The molecule has 1 fully saturated rings. The average molecular weight is 402 g/mol. The first kappa shape index (κ1) is 18.8. The number of halogens is 3. The summed E-state index contributed by atoms with van der Waals surface area (Å²) in [6.45, 7) is 4.66. The lowest BCUT2D eigenvalue weighted by molar-refractivity contribution is 0.155. The molecule has 1 aromatic carbocycles. The maximum atomic E-state index is 13.1. The number of hydrogen-bond acceptors (Lipinski definition) is 3. The molecular formula is C13H19BrClFN2O2S. The predicted molar refractivity (Wildman–Crippen MR) is 86.5 cm³/mol. The molecule has 1 aliphatic heterocycles. The minimum absolute atomic E-state index is 0. The third-order valence-electron chi connectivity index (χ3n) is 3.79. The van der Waals surface area contributed by atoms with Crippen molar-refractivity contribution < 1.29 is 12.8 Å². The SMILES string of the molecule is CC1(C)CN(S(=O)(=O)c2ccc(F)cc2Br)CCC1N.Cl. The van der Waals surface area contributed by atoms with Gasteiger partial charge in [-0.25, -0.2) is 12.8 Å². The lowest BCUT2D eigenvalue weighted by Gasteiger charge is -2.41. The number of piperidine rings is 1. The van der Waals surface area contributed by atoms with Crippen molar-refractivity contribution in [1.29, 1.82) is 0 Å². The number of hydrogen-bond donors (Lipinski definition) is 1. The van der Waals surface area contributed by atoms with Crippen LogP contribution in [-0.4, -0.2) is 31.9 Å². The fourth-order valence-electron chi connectivity index (χ4n) is 2.35. The van der Waals surface area contributed by atoms with Gasteiger partial charge in [-0.1, -0.05) is 13.8 Å². The topological polar surface area (TPSA) is 63.4 Å². The van der Waals surface area contributed by atoms with Crippen molar-refractivity contribution in [1.82, 2.24) is 4.31 Å². The summed E-state index contributed by atoms with van der Waals surface area (Å²) in [5.41, 5.74) is 5.75. The summed E-state index contributed by atoms with van der Waals surface area (Å²) in [4.78, 5) is 0.0881. The summed E-state index contributed by atoms with van der Waals surface area (Å²) in [6.07, 6.45) is 0.616. The normalized spacial score (nSPS) is 22.6. The van der Waals surface area contributed by atoms with E-state index in [0.29, 0.717) is 19.5 Å². The van der Waals surface area contributed by atoms with Gasteiger partial charge in [0.05, 0.1) is 4.90 Å². The molecule has 0 aliphatic carbocycles. The van der Waals surface area contributed by atoms with Gasteiger partial charge in [0.15, 0.2) is 0 Å². The van der Waals surface area contributed by atoms with E-state index in [0.717, 1.165) is 12.1 Å². The van der Waals surface area contributed by atoms with Gasteiger partial charge < -0.3 is 5.73 Å². The van der Waals surface area contributed by atoms with Gasteiger partial charge in [0.1, 0.15) is 5.82 Å². The zero-order valence-electron chi connectivity index (χ0n) is 11.8.